The predicted octanol–water partition coefficient (Wildman–Crippen LogP) is 1.48. The highest BCUT2D eigenvalue weighted by molar-refractivity contribution is 5.96. The second-order valence-electron chi connectivity index (χ2n) is 3.87. The lowest BCUT2D eigenvalue weighted by Crippen LogP contribution is -2.35. The second-order valence-corrected chi connectivity index (χ2v) is 3.87. The third-order valence-corrected chi connectivity index (χ3v) is 2.73. The number of hydrogen-bond donors (Lipinski definition) is 2. The number of nitrogen functional groups attached to an aromatic ring is 1. The van der Waals surface area contributed by atoms with Crippen LogP contribution in [0.15, 0.2) is 18.3 Å². The van der Waals surface area contributed by atoms with E-state index in [4.69, 9.17) is 11.1 Å². The molecular formula is C11H16N4. The quantitative estimate of drug-likeness (QED) is 0.538. The van der Waals surface area contributed by atoms with Gasteiger partial charge in [0.05, 0.1) is 0 Å². The Kier molecular flexibility index (Phi) is 2.85. The van der Waals surface area contributed by atoms with Crippen molar-refractivity contribution in [2.75, 3.05) is 18.8 Å². The zero-order valence-electron chi connectivity index (χ0n) is 8.74. The van der Waals surface area contributed by atoms with E-state index in [-0.39, 0.29) is 0 Å². The van der Waals surface area contributed by atoms with Crippen LogP contribution in [-0.4, -0.2) is 28.8 Å². The third kappa shape index (κ3) is 2.26. The molecule has 0 bridgehead atoms. The maximum absolute atomic E-state index is 8.04. The van der Waals surface area contributed by atoms with Crippen LogP contribution in [0.4, 0.5) is 5.82 Å². The molecule has 0 aliphatic carbocycles. The van der Waals surface area contributed by atoms with Crippen molar-refractivity contribution in [3.63, 3.8) is 0 Å². The molecule has 1 aliphatic heterocycles. The van der Waals surface area contributed by atoms with Crippen molar-refractivity contribution in [1.29, 1.82) is 5.41 Å². The van der Waals surface area contributed by atoms with Gasteiger partial charge in [0, 0.05) is 24.8 Å². The second kappa shape index (κ2) is 4.29. The number of nitrogens with two attached hydrogens (primary N) is 1. The lowest BCUT2D eigenvalue weighted by Gasteiger charge is -2.28. The summed E-state index contributed by atoms with van der Waals surface area (Å²) in [4.78, 5) is 6.11. The fourth-order valence-electron chi connectivity index (χ4n) is 1.85. The first-order valence-electron chi connectivity index (χ1n) is 5.33. The highest BCUT2D eigenvalue weighted by Crippen LogP contribution is 2.12. The number of rotatable bonds is 1. The lowest BCUT2D eigenvalue weighted by atomic mass is 10.1. The summed E-state index contributed by atoms with van der Waals surface area (Å²) in [6, 6.07) is 3.60. The number of nitrogens with zero attached hydrogens (tertiary/aromatic N) is 2. The van der Waals surface area contributed by atoms with Crippen LogP contribution in [0.25, 0.3) is 0 Å². The van der Waals surface area contributed by atoms with Crippen LogP contribution in [0.1, 0.15) is 24.8 Å². The fraction of sp³-hybridized carbons (Fsp3) is 0.455. The molecule has 0 atom stereocenters. The van der Waals surface area contributed by atoms with Crippen molar-refractivity contribution in [2.45, 2.75) is 19.3 Å². The number of piperidine rings is 1. The Morgan fingerprint density at radius 3 is 2.60 bits per heavy atom. The van der Waals surface area contributed by atoms with Gasteiger partial charge in [0.15, 0.2) is 0 Å². The van der Waals surface area contributed by atoms with Crippen molar-refractivity contribution < 1.29 is 0 Å². The molecule has 0 radical (unpaired) electrons. The first-order valence-corrected chi connectivity index (χ1v) is 5.33. The van der Waals surface area contributed by atoms with Crippen molar-refractivity contribution in [1.82, 2.24) is 9.88 Å². The van der Waals surface area contributed by atoms with Gasteiger partial charge in [0.2, 0.25) is 0 Å². The number of hydrogen-bond acceptors (Lipinski definition) is 3. The number of amidine groups is 1. The summed E-state index contributed by atoms with van der Waals surface area (Å²) in [5.74, 6) is 1.08. The minimum Gasteiger partial charge on any atom is -0.384 e. The molecule has 1 aromatic heterocycles. The van der Waals surface area contributed by atoms with Crippen LogP contribution in [-0.2, 0) is 0 Å². The summed E-state index contributed by atoms with van der Waals surface area (Å²) in [5.41, 5.74) is 6.36. The van der Waals surface area contributed by atoms with Gasteiger partial charge in [-0.15, -0.1) is 0 Å². The minimum absolute atomic E-state index is 0.505. The summed E-state index contributed by atoms with van der Waals surface area (Å²) >= 11 is 0. The average molecular weight is 204 g/mol. The van der Waals surface area contributed by atoms with E-state index in [0.29, 0.717) is 11.7 Å². The van der Waals surface area contributed by atoms with E-state index in [1.54, 1.807) is 12.3 Å². The Hall–Kier alpha value is -1.58. The highest BCUT2D eigenvalue weighted by Gasteiger charge is 2.14. The summed E-state index contributed by atoms with van der Waals surface area (Å²) in [5, 5.41) is 8.04. The van der Waals surface area contributed by atoms with E-state index in [9.17, 15) is 0 Å². The van der Waals surface area contributed by atoms with E-state index in [1.807, 2.05) is 6.07 Å². The summed E-state index contributed by atoms with van der Waals surface area (Å²) in [6.45, 7) is 1.98. The maximum atomic E-state index is 8.04. The molecule has 0 spiro atoms. The van der Waals surface area contributed by atoms with E-state index in [2.05, 4.69) is 9.88 Å². The topological polar surface area (TPSA) is 66.0 Å². The molecule has 80 valence electrons. The normalized spacial score (nSPS) is 16.4. The van der Waals surface area contributed by atoms with Crippen LogP contribution in [0.3, 0.4) is 0 Å². The lowest BCUT2D eigenvalue weighted by molar-refractivity contribution is 0.341. The molecular weight excluding hydrogens is 188 g/mol. The van der Waals surface area contributed by atoms with Crippen molar-refractivity contribution in [2.24, 2.45) is 0 Å². The molecule has 15 heavy (non-hydrogen) atoms. The van der Waals surface area contributed by atoms with Crippen molar-refractivity contribution in [3.05, 3.63) is 23.9 Å². The Morgan fingerprint density at radius 2 is 2.00 bits per heavy atom. The Labute approximate surface area is 89.6 Å². The molecule has 4 nitrogen and oxygen atoms in total. The van der Waals surface area contributed by atoms with Gasteiger partial charge >= 0.3 is 0 Å². The molecule has 3 N–H and O–H groups in total. The maximum Gasteiger partial charge on any atom is 0.129 e. The molecule has 2 rings (SSSR count). The number of pyridine rings is 1. The van der Waals surface area contributed by atoms with Gasteiger partial charge < -0.3 is 10.6 Å². The Morgan fingerprint density at radius 1 is 1.27 bits per heavy atom. The molecule has 1 fully saturated rings. The molecule has 0 unspecified atom stereocenters. The number of anilines is 1. The molecule has 1 aromatic rings. The highest BCUT2D eigenvalue weighted by atomic mass is 15.2. The van der Waals surface area contributed by atoms with Crippen LogP contribution in [0.2, 0.25) is 0 Å². The average Bonchev–Trinajstić information content (AvgIpc) is 2.30. The van der Waals surface area contributed by atoms with Gasteiger partial charge in [0.1, 0.15) is 11.7 Å². The first kappa shape index (κ1) is 9.96. The third-order valence-electron chi connectivity index (χ3n) is 2.73. The summed E-state index contributed by atoms with van der Waals surface area (Å²) in [6.07, 6.45) is 5.33. The van der Waals surface area contributed by atoms with E-state index in [0.717, 1.165) is 18.7 Å². The summed E-state index contributed by atoms with van der Waals surface area (Å²) < 4.78 is 0. The van der Waals surface area contributed by atoms with Crippen LogP contribution in [0, 0.1) is 5.41 Å². The minimum atomic E-state index is 0.505. The monoisotopic (exact) mass is 204 g/mol. The van der Waals surface area contributed by atoms with Gasteiger partial charge in [-0.25, -0.2) is 4.98 Å². The fourth-order valence-corrected chi connectivity index (χ4v) is 1.85. The van der Waals surface area contributed by atoms with Gasteiger partial charge in [-0.1, -0.05) is 0 Å². The molecule has 4 heteroatoms. The van der Waals surface area contributed by atoms with E-state index in [1.165, 1.54) is 19.3 Å². The largest absolute Gasteiger partial charge is 0.384 e. The van der Waals surface area contributed by atoms with Crippen LogP contribution in [0.5, 0.6) is 0 Å². The Balaban J connectivity index is 2.09. The summed E-state index contributed by atoms with van der Waals surface area (Å²) in [7, 11) is 0. The Bertz CT molecular complexity index is 338. The standard InChI is InChI=1S/C11H16N4/c12-10-5-4-9(8-14-10)11(13)15-6-2-1-3-7-15/h4-5,8,13H,1-3,6-7H2,(H2,12,14). The number of aromatic nitrogens is 1. The van der Waals surface area contributed by atoms with Gasteiger partial charge in [-0.3, -0.25) is 5.41 Å². The predicted molar refractivity (Wildman–Crippen MR) is 60.9 cm³/mol. The first-order chi connectivity index (χ1) is 7.27. The van der Waals surface area contributed by atoms with Crippen molar-refractivity contribution in [3.8, 4) is 0 Å². The number of nitrogens with one attached hydrogen (secondary N) is 1. The van der Waals surface area contributed by atoms with Crippen molar-refractivity contribution >= 4 is 11.7 Å². The number of likely N-dealkylation sites (tertiary alicyclic amines) is 1. The van der Waals surface area contributed by atoms with E-state index < -0.39 is 0 Å². The SMILES string of the molecule is N=C(c1ccc(N)nc1)N1CCCCC1. The molecule has 2 heterocycles. The van der Waals surface area contributed by atoms with Crippen LogP contribution >= 0.6 is 0 Å². The van der Waals surface area contributed by atoms with Crippen LogP contribution < -0.4 is 5.73 Å². The smallest absolute Gasteiger partial charge is 0.129 e. The molecule has 0 saturated carbocycles. The zero-order valence-corrected chi connectivity index (χ0v) is 8.74. The molecule has 0 amide bonds. The van der Waals surface area contributed by atoms with E-state index >= 15 is 0 Å². The molecule has 0 aromatic carbocycles. The van der Waals surface area contributed by atoms with Gasteiger partial charge in [-0.2, -0.15) is 0 Å². The zero-order chi connectivity index (χ0) is 10.7. The molecule has 1 aliphatic rings. The van der Waals surface area contributed by atoms with Gasteiger partial charge in [-0.05, 0) is 31.4 Å². The molecule has 1 saturated heterocycles. The van der Waals surface area contributed by atoms with Gasteiger partial charge in [0.25, 0.3) is 0 Å².